The van der Waals surface area contributed by atoms with E-state index in [0.717, 1.165) is 54.9 Å². The number of hydrogen-bond acceptors (Lipinski definition) is 3. The summed E-state index contributed by atoms with van der Waals surface area (Å²) in [6, 6.07) is 17.1. The molecule has 1 saturated heterocycles. The van der Waals surface area contributed by atoms with Gasteiger partial charge in [-0.05, 0) is 70.0 Å². The summed E-state index contributed by atoms with van der Waals surface area (Å²) in [6.07, 6.45) is 2.23. The van der Waals surface area contributed by atoms with E-state index in [1.807, 2.05) is 49.2 Å². The second-order valence-corrected chi connectivity index (χ2v) is 8.73. The molecule has 30 heavy (non-hydrogen) atoms. The van der Waals surface area contributed by atoms with Crippen molar-refractivity contribution in [2.75, 3.05) is 20.1 Å². The molecule has 0 radical (unpaired) electrons. The third kappa shape index (κ3) is 4.12. The van der Waals surface area contributed by atoms with Crippen LogP contribution in [0.3, 0.4) is 0 Å². The third-order valence-corrected chi connectivity index (χ3v) is 6.41. The Morgan fingerprint density at radius 3 is 2.63 bits per heavy atom. The maximum atomic E-state index is 13.1. The van der Waals surface area contributed by atoms with Crippen LogP contribution in [0.15, 0.2) is 48.5 Å². The van der Waals surface area contributed by atoms with Crippen molar-refractivity contribution in [3.63, 3.8) is 0 Å². The van der Waals surface area contributed by atoms with Gasteiger partial charge in [0.2, 0.25) is 0 Å². The highest BCUT2D eigenvalue weighted by atomic mass is 16.2. The number of amides is 1. The Morgan fingerprint density at radius 2 is 1.90 bits per heavy atom. The minimum atomic E-state index is 0.112. The Labute approximate surface area is 179 Å². The van der Waals surface area contributed by atoms with Gasteiger partial charge in [0.25, 0.3) is 5.91 Å². The van der Waals surface area contributed by atoms with Crippen LogP contribution < -0.4 is 0 Å². The number of imidazole rings is 1. The van der Waals surface area contributed by atoms with Crippen molar-refractivity contribution in [2.24, 2.45) is 0 Å². The molecule has 1 fully saturated rings. The quantitative estimate of drug-likeness (QED) is 0.635. The van der Waals surface area contributed by atoms with Gasteiger partial charge >= 0.3 is 0 Å². The van der Waals surface area contributed by atoms with Crippen molar-refractivity contribution in [2.45, 2.75) is 52.2 Å². The number of carbonyl (C=O) groups is 1. The Bertz CT molecular complexity index is 1020. The van der Waals surface area contributed by atoms with Gasteiger partial charge in [-0.3, -0.25) is 9.69 Å². The van der Waals surface area contributed by atoms with Crippen LogP contribution in [0.1, 0.15) is 48.4 Å². The first-order chi connectivity index (χ1) is 14.4. The standard InChI is InChI=1S/C25H32N4O/c1-18(2)28-15-7-8-22(17-28)27(4)25(30)21-13-11-20(12-14-21)16-29-19(3)26-23-9-5-6-10-24(23)29/h5-6,9-14,18,22H,7-8,15-17H2,1-4H3. The molecule has 1 unspecified atom stereocenters. The fraction of sp³-hybridized carbons (Fsp3) is 0.440. The van der Waals surface area contributed by atoms with E-state index in [0.29, 0.717) is 6.04 Å². The van der Waals surface area contributed by atoms with Crippen molar-refractivity contribution in [3.8, 4) is 0 Å². The highest BCUT2D eigenvalue weighted by Crippen LogP contribution is 2.20. The number of aromatic nitrogens is 2. The fourth-order valence-electron chi connectivity index (χ4n) is 4.47. The fourth-order valence-corrected chi connectivity index (χ4v) is 4.47. The van der Waals surface area contributed by atoms with Gasteiger partial charge in [0.15, 0.2) is 0 Å². The van der Waals surface area contributed by atoms with E-state index < -0.39 is 0 Å². The van der Waals surface area contributed by atoms with E-state index in [4.69, 9.17) is 0 Å². The molecule has 1 aliphatic heterocycles. The minimum Gasteiger partial charge on any atom is -0.337 e. The van der Waals surface area contributed by atoms with Gasteiger partial charge in [0.05, 0.1) is 11.0 Å². The first-order valence-electron chi connectivity index (χ1n) is 11.0. The zero-order valence-electron chi connectivity index (χ0n) is 18.5. The maximum Gasteiger partial charge on any atom is 0.253 e. The number of aryl methyl sites for hydroxylation is 1. The van der Waals surface area contributed by atoms with E-state index >= 15 is 0 Å². The number of likely N-dealkylation sites (N-methyl/N-ethyl adjacent to an activating group) is 1. The number of nitrogens with zero attached hydrogens (tertiary/aromatic N) is 4. The molecule has 1 aromatic heterocycles. The monoisotopic (exact) mass is 404 g/mol. The number of carbonyl (C=O) groups excluding carboxylic acids is 1. The molecule has 4 rings (SSSR count). The molecule has 2 heterocycles. The Balaban J connectivity index is 1.46. The lowest BCUT2D eigenvalue weighted by atomic mass is 10.0. The average molecular weight is 405 g/mol. The summed E-state index contributed by atoms with van der Waals surface area (Å²) in [7, 11) is 1.95. The highest BCUT2D eigenvalue weighted by Gasteiger charge is 2.27. The van der Waals surface area contributed by atoms with Crippen molar-refractivity contribution >= 4 is 16.9 Å². The number of rotatable bonds is 5. The zero-order valence-corrected chi connectivity index (χ0v) is 18.5. The third-order valence-electron chi connectivity index (χ3n) is 6.41. The van der Waals surface area contributed by atoms with Gasteiger partial charge in [0, 0.05) is 37.8 Å². The molecule has 0 aliphatic carbocycles. The SMILES string of the molecule is Cc1nc2ccccc2n1Cc1ccc(C(=O)N(C)C2CCCN(C(C)C)C2)cc1. The Kier molecular flexibility index (Phi) is 5.91. The Hall–Kier alpha value is -2.66. The van der Waals surface area contributed by atoms with Gasteiger partial charge in [-0.15, -0.1) is 0 Å². The minimum absolute atomic E-state index is 0.112. The number of hydrogen-bond donors (Lipinski definition) is 0. The van der Waals surface area contributed by atoms with Crippen LogP contribution in [-0.2, 0) is 6.54 Å². The van der Waals surface area contributed by atoms with Crippen LogP contribution in [0.25, 0.3) is 11.0 Å². The van der Waals surface area contributed by atoms with E-state index in [-0.39, 0.29) is 11.9 Å². The summed E-state index contributed by atoms with van der Waals surface area (Å²) >= 11 is 0. The van der Waals surface area contributed by atoms with Gasteiger partial charge < -0.3 is 9.47 Å². The Morgan fingerprint density at radius 1 is 1.17 bits per heavy atom. The van der Waals surface area contributed by atoms with Crippen molar-refractivity contribution in [1.82, 2.24) is 19.4 Å². The number of piperidine rings is 1. The molecule has 0 bridgehead atoms. The van der Waals surface area contributed by atoms with Crippen LogP contribution in [0.4, 0.5) is 0 Å². The summed E-state index contributed by atoms with van der Waals surface area (Å²) in [6.45, 7) is 9.35. The summed E-state index contributed by atoms with van der Waals surface area (Å²) < 4.78 is 2.22. The molecule has 0 N–H and O–H groups in total. The number of para-hydroxylation sites is 2. The number of fused-ring (bicyclic) bond motifs is 1. The van der Waals surface area contributed by atoms with Crippen molar-refractivity contribution < 1.29 is 4.79 Å². The van der Waals surface area contributed by atoms with Crippen LogP contribution >= 0.6 is 0 Å². The predicted molar refractivity (Wildman–Crippen MR) is 122 cm³/mol. The summed E-state index contributed by atoms with van der Waals surface area (Å²) in [5, 5.41) is 0. The smallest absolute Gasteiger partial charge is 0.253 e. The highest BCUT2D eigenvalue weighted by molar-refractivity contribution is 5.94. The molecule has 1 aliphatic rings. The lowest BCUT2D eigenvalue weighted by Crippen LogP contribution is -2.50. The van der Waals surface area contributed by atoms with E-state index in [9.17, 15) is 4.79 Å². The second-order valence-electron chi connectivity index (χ2n) is 8.73. The number of benzene rings is 2. The predicted octanol–water partition coefficient (Wildman–Crippen LogP) is 4.34. The lowest BCUT2D eigenvalue weighted by molar-refractivity contribution is 0.0575. The summed E-state index contributed by atoms with van der Waals surface area (Å²) in [4.78, 5) is 22.1. The topological polar surface area (TPSA) is 41.4 Å². The van der Waals surface area contributed by atoms with Crippen LogP contribution in [0.2, 0.25) is 0 Å². The van der Waals surface area contributed by atoms with Gasteiger partial charge in [-0.1, -0.05) is 24.3 Å². The summed E-state index contributed by atoms with van der Waals surface area (Å²) in [5.74, 6) is 1.12. The average Bonchev–Trinajstić information content (AvgIpc) is 3.08. The summed E-state index contributed by atoms with van der Waals surface area (Å²) in [5.41, 5.74) is 4.09. The molecule has 1 amide bonds. The molecule has 2 aromatic carbocycles. The van der Waals surface area contributed by atoms with Gasteiger partial charge in [-0.25, -0.2) is 4.98 Å². The zero-order chi connectivity index (χ0) is 21.3. The number of likely N-dealkylation sites (tertiary alicyclic amines) is 1. The van der Waals surface area contributed by atoms with Gasteiger partial charge in [0.1, 0.15) is 5.82 Å². The molecular weight excluding hydrogens is 372 g/mol. The van der Waals surface area contributed by atoms with Crippen LogP contribution in [-0.4, -0.2) is 57.5 Å². The molecular formula is C25H32N4O. The molecule has 5 heteroatoms. The lowest BCUT2D eigenvalue weighted by Gasteiger charge is -2.39. The van der Waals surface area contributed by atoms with E-state index in [1.54, 1.807) is 0 Å². The maximum absolute atomic E-state index is 13.1. The first kappa shape index (κ1) is 20.6. The second kappa shape index (κ2) is 8.60. The van der Waals surface area contributed by atoms with Crippen LogP contribution in [0.5, 0.6) is 0 Å². The van der Waals surface area contributed by atoms with Crippen molar-refractivity contribution in [1.29, 1.82) is 0 Å². The normalized spacial score (nSPS) is 17.6. The van der Waals surface area contributed by atoms with Crippen molar-refractivity contribution in [3.05, 3.63) is 65.5 Å². The molecule has 158 valence electrons. The molecule has 5 nitrogen and oxygen atoms in total. The molecule has 3 aromatic rings. The first-order valence-corrected chi connectivity index (χ1v) is 11.0. The molecule has 1 atom stereocenters. The molecule has 0 saturated carbocycles. The van der Waals surface area contributed by atoms with E-state index in [1.165, 1.54) is 5.56 Å². The van der Waals surface area contributed by atoms with Crippen LogP contribution in [0, 0.1) is 6.92 Å². The van der Waals surface area contributed by atoms with E-state index in [2.05, 4.69) is 46.5 Å². The molecule has 0 spiro atoms. The largest absolute Gasteiger partial charge is 0.337 e. The van der Waals surface area contributed by atoms with Gasteiger partial charge in [-0.2, -0.15) is 0 Å².